The molecule has 0 spiro atoms. The third kappa shape index (κ3) is 5.38. The molecule has 0 aliphatic carbocycles. The first-order valence-corrected chi connectivity index (χ1v) is 10.5. The number of nitrogens with one attached hydrogen (secondary N) is 1. The van der Waals surface area contributed by atoms with Crippen LogP contribution in [0.1, 0.15) is 29.2 Å². The summed E-state index contributed by atoms with van der Waals surface area (Å²) in [5.74, 6) is 0.572. The number of ether oxygens (including phenoxy) is 2. The van der Waals surface area contributed by atoms with Crippen LogP contribution in [0.3, 0.4) is 0 Å². The number of anilines is 1. The van der Waals surface area contributed by atoms with E-state index >= 15 is 0 Å². The van der Waals surface area contributed by atoms with E-state index in [1.807, 2.05) is 19.1 Å². The fourth-order valence-corrected chi connectivity index (χ4v) is 3.40. The van der Waals surface area contributed by atoms with Crippen LogP contribution in [0.15, 0.2) is 48.5 Å². The first kappa shape index (κ1) is 22.3. The van der Waals surface area contributed by atoms with E-state index in [0.717, 1.165) is 11.3 Å². The number of aryl methyl sites for hydroxylation is 2. The van der Waals surface area contributed by atoms with Crippen LogP contribution in [0.25, 0.3) is 0 Å². The van der Waals surface area contributed by atoms with Crippen molar-refractivity contribution < 1.29 is 13.9 Å². The minimum absolute atomic E-state index is 0.0256. The summed E-state index contributed by atoms with van der Waals surface area (Å²) in [7, 11) is 0. The van der Waals surface area contributed by atoms with Crippen molar-refractivity contribution in [3.8, 4) is 11.5 Å². The van der Waals surface area contributed by atoms with Crippen molar-refractivity contribution in [2.75, 3.05) is 11.9 Å². The second-order valence-electron chi connectivity index (χ2n) is 6.96. The molecule has 3 nitrogen and oxygen atoms in total. The van der Waals surface area contributed by atoms with Crippen molar-refractivity contribution >= 4 is 28.9 Å². The fourth-order valence-electron chi connectivity index (χ4n) is 2.96. The lowest BCUT2D eigenvalue weighted by Crippen LogP contribution is -2.05. The SMILES string of the molecule is CCOc1cc(CNc2ccc(C)c(C)c2)c(Cl)cc1OCc1c(F)cccc1Cl. The zero-order chi connectivity index (χ0) is 21.7. The normalized spacial score (nSPS) is 10.7. The van der Waals surface area contributed by atoms with Gasteiger partial charge in [0.2, 0.25) is 0 Å². The molecule has 0 fully saturated rings. The molecule has 0 aromatic heterocycles. The highest BCUT2D eigenvalue weighted by Gasteiger charge is 2.14. The van der Waals surface area contributed by atoms with E-state index < -0.39 is 5.82 Å². The van der Waals surface area contributed by atoms with Gasteiger partial charge in [0.25, 0.3) is 0 Å². The molecule has 0 amide bonds. The van der Waals surface area contributed by atoms with E-state index in [-0.39, 0.29) is 6.61 Å². The molecule has 0 saturated carbocycles. The van der Waals surface area contributed by atoms with Gasteiger partial charge in [0, 0.05) is 28.9 Å². The highest BCUT2D eigenvalue weighted by Crippen LogP contribution is 2.35. The Bertz CT molecular complexity index is 1020. The van der Waals surface area contributed by atoms with Gasteiger partial charge in [-0.15, -0.1) is 0 Å². The Kier molecular flexibility index (Phi) is 7.46. The molecule has 6 heteroatoms. The summed E-state index contributed by atoms with van der Waals surface area (Å²) in [5.41, 5.74) is 4.64. The van der Waals surface area contributed by atoms with Crippen molar-refractivity contribution in [2.24, 2.45) is 0 Å². The van der Waals surface area contributed by atoms with Crippen molar-refractivity contribution in [3.63, 3.8) is 0 Å². The molecule has 3 rings (SSSR count). The Hall–Kier alpha value is -2.43. The molecule has 0 aliphatic heterocycles. The molecule has 0 aliphatic rings. The molecule has 158 valence electrons. The number of hydrogen-bond donors (Lipinski definition) is 1. The summed E-state index contributed by atoms with van der Waals surface area (Å²) >= 11 is 12.6. The summed E-state index contributed by atoms with van der Waals surface area (Å²) in [6.45, 7) is 7.01. The van der Waals surface area contributed by atoms with Crippen LogP contribution in [-0.4, -0.2) is 6.61 Å². The predicted molar refractivity (Wildman–Crippen MR) is 122 cm³/mol. The van der Waals surface area contributed by atoms with Gasteiger partial charge in [0.05, 0.1) is 11.6 Å². The first-order chi connectivity index (χ1) is 14.4. The zero-order valence-corrected chi connectivity index (χ0v) is 18.7. The smallest absolute Gasteiger partial charge is 0.163 e. The highest BCUT2D eigenvalue weighted by molar-refractivity contribution is 6.31. The van der Waals surface area contributed by atoms with E-state index in [4.69, 9.17) is 32.7 Å². The van der Waals surface area contributed by atoms with E-state index in [1.54, 1.807) is 18.2 Å². The van der Waals surface area contributed by atoms with Crippen LogP contribution in [0.2, 0.25) is 10.0 Å². The van der Waals surface area contributed by atoms with Gasteiger partial charge in [-0.05, 0) is 67.8 Å². The molecule has 0 heterocycles. The minimum atomic E-state index is -0.416. The predicted octanol–water partition coefficient (Wildman–Crippen LogP) is 7.34. The fraction of sp³-hybridized carbons (Fsp3) is 0.250. The molecular weight excluding hydrogens is 424 g/mol. The lowest BCUT2D eigenvalue weighted by molar-refractivity contribution is 0.265. The van der Waals surface area contributed by atoms with E-state index in [1.165, 1.54) is 17.2 Å². The van der Waals surface area contributed by atoms with Gasteiger partial charge in [-0.25, -0.2) is 4.39 Å². The maximum atomic E-state index is 14.0. The maximum Gasteiger partial charge on any atom is 0.163 e. The van der Waals surface area contributed by atoms with Gasteiger partial charge in [0.15, 0.2) is 11.5 Å². The van der Waals surface area contributed by atoms with Crippen LogP contribution in [0, 0.1) is 19.7 Å². The van der Waals surface area contributed by atoms with Crippen LogP contribution in [0.4, 0.5) is 10.1 Å². The van der Waals surface area contributed by atoms with E-state index in [0.29, 0.717) is 40.3 Å². The Morgan fingerprint density at radius 2 is 1.67 bits per heavy atom. The zero-order valence-electron chi connectivity index (χ0n) is 17.2. The van der Waals surface area contributed by atoms with Crippen molar-refractivity contribution in [1.29, 1.82) is 0 Å². The van der Waals surface area contributed by atoms with Gasteiger partial charge < -0.3 is 14.8 Å². The summed E-state index contributed by atoms with van der Waals surface area (Å²) in [6.07, 6.45) is 0. The second-order valence-corrected chi connectivity index (χ2v) is 7.78. The van der Waals surface area contributed by atoms with Crippen molar-refractivity contribution in [1.82, 2.24) is 0 Å². The van der Waals surface area contributed by atoms with Crippen LogP contribution >= 0.6 is 23.2 Å². The Labute approximate surface area is 186 Å². The molecule has 30 heavy (non-hydrogen) atoms. The van der Waals surface area contributed by atoms with Gasteiger partial charge in [0.1, 0.15) is 12.4 Å². The first-order valence-electron chi connectivity index (χ1n) is 9.71. The third-order valence-electron chi connectivity index (χ3n) is 4.84. The molecule has 0 atom stereocenters. The molecule has 3 aromatic rings. The lowest BCUT2D eigenvalue weighted by atomic mass is 10.1. The number of benzene rings is 3. The van der Waals surface area contributed by atoms with Gasteiger partial charge >= 0.3 is 0 Å². The monoisotopic (exact) mass is 447 g/mol. The lowest BCUT2D eigenvalue weighted by Gasteiger charge is -2.16. The van der Waals surface area contributed by atoms with E-state index in [2.05, 4.69) is 31.3 Å². The molecule has 1 N–H and O–H groups in total. The number of halogens is 3. The van der Waals surface area contributed by atoms with Crippen LogP contribution in [-0.2, 0) is 13.2 Å². The topological polar surface area (TPSA) is 30.5 Å². The molecule has 0 saturated heterocycles. The quantitative estimate of drug-likeness (QED) is 0.391. The average molecular weight is 448 g/mol. The van der Waals surface area contributed by atoms with Gasteiger partial charge in [-0.2, -0.15) is 0 Å². The molecule has 0 unspecified atom stereocenters. The number of hydrogen-bond acceptors (Lipinski definition) is 3. The van der Waals surface area contributed by atoms with Crippen LogP contribution < -0.4 is 14.8 Å². The number of rotatable bonds is 8. The third-order valence-corrected chi connectivity index (χ3v) is 5.54. The summed E-state index contributed by atoms with van der Waals surface area (Å²) in [4.78, 5) is 0. The second kappa shape index (κ2) is 10.1. The van der Waals surface area contributed by atoms with Gasteiger partial charge in [-0.3, -0.25) is 0 Å². The molecule has 3 aromatic carbocycles. The highest BCUT2D eigenvalue weighted by atomic mass is 35.5. The maximum absolute atomic E-state index is 14.0. The summed E-state index contributed by atoms with van der Waals surface area (Å²) < 4.78 is 25.6. The molecule has 0 bridgehead atoms. The van der Waals surface area contributed by atoms with Crippen LogP contribution in [0.5, 0.6) is 11.5 Å². The summed E-state index contributed by atoms with van der Waals surface area (Å²) in [6, 6.07) is 14.3. The Morgan fingerprint density at radius 3 is 2.37 bits per heavy atom. The largest absolute Gasteiger partial charge is 0.490 e. The Balaban J connectivity index is 1.78. The molecule has 0 radical (unpaired) electrons. The van der Waals surface area contributed by atoms with Crippen molar-refractivity contribution in [2.45, 2.75) is 33.9 Å². The summed E-state index contributed by atoms with van der Waals surface area (Å²) in [5, 5.41) is 4.23. The minimum Gasteiger partial charge on any atom is -0.490 e. The van der Waals surface area contributed by atoms with Crippen molar-refractivity contribution in [3.05, 3.63) is 86.6 Å². The van der Waals surface area contributed by atoms with Gasteiger partial charge in [-0.1, -0.05) is 35.3 Å². The molecular formula is C24H24Cl2FNO2. The Morgan fingerprint density at radius 1 is 0.900 bits per heavy atom. The average Bonchev–Trinajstić information content (AvgIpc) is 2.71. The standard InChI is InChI=1S/C24H24Cl2FNO2/c1-4-29-23-11-17(13-28-18-9-8-15(2)16(3)10-18)21(26)12-24(23)30-14-19-20(25)6-5-7-22(19)27/h5-12,28H,4,13-14H2,1-3H3. The van der Waals surface area contributed by atoms with E-state index in [9.17, 15) is 4.39 Å².